The quantitative estimate of drug-likeness (QED) is 0.467. The lowest BCUT2D eigenvalue weighted by Gasteiger charge is -2.45. The number of aromatic nitrogens is 2. The van der Waals surface area contributed by atoms with Gasteiger partial charge in [-0.25, -0.2) is 14.8 Å². The summed E-state index contributed by atoms with van der Waals surface area (Å²) < 4.78 is 55.0. The molecule has 2 aromatic rings. The van der Waals surface area contributed by atoms with E-state index >= 15 is 8.78 Å². The Morgan fingerprint density at radius 1 is 1.07 bits per heavy atom. The van der Waals surface area contributed by atoms with Crippen LogP contribution in [-0.2, 0) is 25.0 Å². The standard InChI is InChI=1S/C33H42F2N4O7/c1-4-21-24(16-40)39-15-26(21)45-29-27(36-22-12-11-20(43-3)14-23(22)37-29)33(34,35)13-6-5-8-19-9-7-10-25(19)46-31(42)38-28(30(39)41)32(2)17-44-18-32/h11-12,14,16,19,21,24-26,28H,4-10,13,15,17-18H2,1-3H3,(H,38,42)/t19-,21+,24-,25-,26+,28-/m1/s1. The highest BCUT2D eigenvalue weighted by Gasteiger charge is 2.53. The molecular weight excluding hydrogens is 602 g/mol. The Kier molecular flexibility index (Phi) is 9.06. The molecule has 0 spiro atoms. The van der Waals surface area contributed by atoms with Crippen LogP contribution in [0.3, 0.4) is 0 Å². The summed E-state index contributed by atoms with van der Waals surface area (Å²) in [5.74, 6) is -4.18. The third-order valence-electron chi connectivity index (χ3n) is 10.2. The smallest absolute Gasteiger partial charge is 0.408 e. The van der Waals surface area contributed by atoms with Crippen molar-refractivity contribution in [1.82, 2.24) is 20.2 Å². The largest absolute Gasteiger partial charge is 0.497 e. The van der Waals surface area contributed by atoms with Crippen molar-refractivity contribution in [2.75, 3.05) is 26.9 Å². The number of nitrogens with zero attached hydrogens (tertiary/aromatic N) is 3. The fourth-order valence-electron chi connectivity index (χ4n) is 7.49. The second-order valence-electron chi connectivity index (χ2n) is 13.4. The van der Waals surface area contributed by atoms with Gasteiger partial charge in [0, 0.05) is 23.8 Å². The monoisotopic (exact) mass is 644 g/mol. The lowest BCUT2D eigenvalue weighted by Crippen LogP contribution is -2.64. The summed E-state index contributed by atoms with van der Waals surface area (Å²) in [7, 11) is 1.49. The van der Waals surface area contributed by atoms with Crippen molar-refractivity contribution in [3.63, 3.8) is 0 Å². The van der Waals surface area contributed by atoms with E-state index < -0.39 is 59.6 Å². The molecule has 0 radical (unpaired) electrons. The second kappa shape index (κ2) is 12.9. The predicted molar refractivity (Wildman–Crippen MR) is 162 cm³/mol. The van der Waals surface area contributed by atoms with Crippen LogP contribution in [0.15, 0.2) is 18.2 Å². The predicted octanol–water partition coefficient (Wildman–Crippen LogP) is 4.79. The first kappa shape index (κ1) is 32.3. The summed E-state index contributed by atoms with van der Waals surface area (Å²) in [6.07, 6.45) is 2.45. The number of amides is 2. The molecule has 1 aromatic carbocycles. The van der Waals surface area contributed by atoms with Gasteiger partial charge in [-0.2, -0.15) is 8.78 Å². The van der Waals surface area contributed by atoms with Crippen LogP contribution in [-0.4, -0.2) is 84.3 Å². The number of halogens is 2. The molecule has 1 aromatic heterocycles. The van der Waals surface area contributed by atoms with E-state index in [2.05, 4.69) is 15.3 Å². The van der Waals surface area contributed by atoms with Crippen LogP contribution in [0.1, 0.15) is 70.9 Å². The van der Waals surface area contributed by atoms with Crippen LogP contribution in [0.4, 0.5) is 13.6 Å². The fourth-order valence-corrected chi connectivity index (χ4v) is 7.49. The Bertz CT molecular complexity index is 1470. The highest BCUT2D eigenvalue weighted by atomic mass is 19.3. The van der Waals surface area contributed by atoms with Gasteiger partial charge in [0.05, 0.1) is 43.9 Å². The molecule has 250 valence electrons. The van der Waals surface area contributed by atoms with E-state index in [9.17, 15) is 14.4 Å². The number of alkyl halides is 2. The van der Waals surface area contributed by atoms with Crippen molar-refractivity contribution in [3.05, 3.63) is 23.9 Å². The average Bonchev–Trinajstić information content (AvgIpc) is 3.62. The van der Waals surface area contributed by atoms with E-state index in [1.165, 1.54) is 12.0 Å². The zero-order valence-electron chi connectivity index (χ0n) is 26.5. The van der Waals surface area contributed by atoms with Gasteiger partial charge in [0.15, 0.2) is 5.69 Å². The molecule has 4 aliphatic rings. The number of aldehydes is 1. The average molecular weight is 645 g/mol. The Hall–Kier alpha value is -3.61. The Morgan fingerprint density at radius 3 is 2.54 bits per heavy atom. The van der Waals surface area contributed by atoms with Crippen molar-refractivity contribution in [3.8, 4) is 11.6 Å². The van der Waals surface area contributed by atoms with Crippen LogP contribution >= 0.6 is 0 Å². The minimum Gasteiger partial charge on any atom is -0.497 e. The third-order valence-corrected chi connectivity index (χ3v) is 10.2. The summed E-state index contributed by atoms with van der Waals surface area (Å²) in [5, 5.41) is 2.82. The zero-order valence-corrected chi connectivity index (χ0v) is 26.5. The van der Waals surface area contributed by atoms with E-state index in [0.29, 0.717) is 43.2 Å². The van der Waals surface area contributed by atoms with Gasteiger partial charge < -0.3 is 34.0 Å². The number of carbonyl (C=O) groups excluding carboxylic acids is 3. The van der Waals surface area contributed by atoms with Crippen molar-refractivity contribution >= 4 is 29.3 Å². The number of carbonyl (C=O) groups is 3. The summed E-state index contributed by atoms with van der Waals surface area (Å²) in [5.41, 5.74) is -0.709. The van der Waals surface area contributed by atoms with E-state index in [1.54, 1.807) is 18.2 Å². The van der Waals surface area contributed by atoms with Gasteiger partial charge in [-0.05, 0) is 56.6 Å². The summed E-state index contributed by atoms with van der Waals surface area (Å²) >= 11 is 0. The first-order valence-corrected chi connectivity index (χ1v) is 16.3. The van der Waals surface area contributed by atoms with Gasteiger partial charge in [0.25, 0.3) is 5.92 Å². The molecule has 11 nitrogen and oxygen atoms in total. The normalized spacial score (nSPS) is 31.3. The van der Waals surface area contributed by atoms with E-state index in [4.69, 9.17) is 18.9 Å². The number of hydrogen-bond donors (Lipinski definition) is 1. The maximum atomic E-state index is 16.1. The topological polar surface area (TPSA) is 129 Å². The van der Waals surface area contributed by atoms with E-state index in [0.717, 1.165) is 12.8 Å². The van der Waals surface area contributed by atoms with Crippen LogP contribution in [0.25, 0.3) is 11.0 Å². The summed E-state index contributed by atoms with van der Waals surface area (Å²) in [6.45, 7) is 4.09. The number of alkyl carbamates (subject to hydrolysis) is 1. The van der Waals surface area contributed by atoms with Gasteiger partial charge in [-0.3, -0.25) is 4.79 Å². The maximum absolute atomic E-state index is 16.1. The van der Waals surface area contributed by atoms with Crippen molar-refractivity contribution in [2.45, 2.75) is 95.4 Å². The molecule has 4 heterocycles. The molecule has 2 bridgehead atoms. The molecule has 1 N–H and O–H groups in total. The first-order valence-electron chi connectivity index (χ1n) is 16.3. The van der Waals surface area contributed by atoms with Gasteiger partial charge in [0.1, 0.15) is 30.3 Å². The molecule has 1 aliphatic carbocycles. The Balaban J connectivity index is 1.41. The minimum atomic E-state index is -3.36. The number of nitrogens with one attached hydrogen (secondary N) is 1. The second-order valence-corrected chi connectivity index (χ2v) is 13.4. The van der Waals surface area contributed by atoms with Gasteiger partial charge in [-0.1, -0.05) is 20.3 Å². The Labute approximate surface area is 266 Å². The number of methoxy groups -OCH3 is 1. The molecule has 6 rings (SSSR count). The van der Waals surface area contributed by atoms with Crippen LogP contribution in [0.5, 0.6) is 11.6 Å². The molecule has 2 saturated heterocycles. The molecule has 3 fully saturated rings. The molecule has 2 amide bonds. The molecule has 3 aliphatic heterocycles. The number of benzene rings is 1. The van der Waals surface area contributed by atoms with Gasteiger partial charge >= 0.3 is 6.09 Å². The van der Waals surface area contributed by atoms with Gasteiger partial charge in [-0.15, -0.1) is 0 Å². The minimum absolute atomic E-state index is 0.0356. The number of ether oxygens (including phenoxy) is 4. The molecule has 6 atom stereocenters. The molecule has 1 saturated carbocycles. The highest BCUT2D eigenvalue weighted by Crippen LogP contribution is 2.42. The lowest BCUT2D eigenvalue weighted by molar-refractivity contribution is -0.157. The molecule has 46 heavy (non-hydrogen) atoms. The van der Waals surface area contributed by atoms with E-state index in [1.807, 2.05) is 13.8 Å². The van der Waals surface area contributed by atoms with Crippen molar-refractivity contribution in [1.29, 1.82) is 0 Å². The van der Waals surface area contributed by atoms with Crippen molar-refractivity contribution < 1.29 is 42.1 Å². The first-order chi connectivity index (χ1) is 22.1. The Morgan fingerprint density at radius 2 is 1.85 bits per heavy atom. The zero-order chi connectivity index (χ0) is 32.6. The maximum Gasteiger partial charge on any atom is 0.408 e. The fraction of sp³-hybridized carbons (Fsp3) is 0.667. The van der Waals surface area contributed by atoms with Gasteiger partial charge in [0.2, 0.25) is 11.8 Å². The highest BCUT2D eigenvalue weighted by molar-refractivity contribution is 5.89. The molecule has 0 unspecified atom stereocenters. The van der Waals surface area contributed by atoms with Crippen molar-refractivity contribution in [2.24, 2.45) is 17.3 Å². The number of fused-ring (bicyclic) bond motifs is 5. The summed E-state index contributed by atoms with van der Waals surface area (Å²) in [4.78, 5) is 50.3. The van der Waals surface area contributed by atoms with Crippen LogP contribution in [0, 0.1) is 17.3 Å². The summed E-state index contributed by atoms with van der Waals surface area (Å²) in [6, 6.07) is 2.87. The van der Waals surface area contributed by atoms with Crippen LogP contribution < -0.4 is 14.8 Å². The van der Waals surface area contributed by atoms with E-state index in [-0.39, 0.29) is 49.6 Å². The molecular formula is C33H42F2N4O7. The molecule has 13 heteroatoms. The number of hydrogen-bond acceptors (Lipinski definition) is 9. The lowest BCUT2D eigenvalue weighted by atomic mass is 9.79. The number of rotatable bonds is 4. The third kappa shape index (κ3) is 6.10. The van der Waals surface area contributed by atoms with Crippen LogP contribution in [0.2, 0.25) is 0 Å². The SMILES string of the molecule is CC[C@@H]1[C@@H]2CN(C(=O)[C@H](C3(C)COC3)NC(=O)O[C@@H]3CCC[C@H]3CCCCC(F)(F)c3nc4ccc(OC)cc4nc3O2)[C@@H]1C=O.